The van der Waals surface area contributed by atoms with Gasteiger partial charge in [0.05, 0.1) is 0 Å². The summed E-state index contributed by atoms with van der Waals surface area (Å²) in [5.41, 5.74) is 1.48. The van der Waals surface area contributed by atoms with Crippen LogP contribution < -0.4 is 5.56 Å². The van der Waals surface area contributed by atoms with E-state index in [1.54, 1.807) is 0 Å². The first-order valence-corrected chi connectivity index (χ1v) is 5.26. The summed E-state index contributed by atoms with van der Waals surface area (Å²) in [4.78, 5) is 14.2. The molecule has 0 saturated carbocycles. The molecule has 0 amide bonds. The van der Waals surface area contributed by atoms with Gasteiger partial charge in [-0.05, 0) is 24.1 Å². The van der Waals surface area contributed by atoms with Gasteiger partial charge in [0.2, 0.25) is 11.4 Å². The summed E-state index contributed by atoms with van der Waals surface area (Å²) in [5.74, 6) is 0.448. The lowest BCUT2D eigenvalue weighted by Gasteiger charge is -2.01. The maximum absolute atomic E-state index is 11.4. The van der Waals surface area contributed by atoms with Crippen LogP contribution in [0.4, 0.5) is 0 Å². The van der Waals surface area contributed by atoms with Crippen LogP contribution in [0.15, 0.2) is 16.9 Å². The molecule has 0 atom stereocenters. The second-order valence-electron chi connectivity index (χ2n) is 3.60. The van der Waals surface area contributed by atoms with Crippen LogP contribution in [0.25, 0.3) is 11.4 Å². The van der Waals surface area contributed by atoms with Crippen molar-refractivity contribution in [1.82, 2.24) is 25.6 Å². The molecule has 6 nitrogen and oxygen atoms in total. The number of hydrogen-bond donors (Lipinski definition) is 2. The normalized spacial score (nSPS) is 10.6. The fourth-order valence-corrected chi connectivity index (χ4v) is 1.52. The van der Waals surface area contributed by atoms with E-state index in [1.807, 2.05) is 6.07 Å². The van der Waals surface area contributed by atoms with Crippen molar-refractivity contribution in [2.24, 2.45) is 0 Å². The van der Waals surface area contributed by atoms with Crippen LogP contribution >= 0.6 is 0 Å². The lowest BCUT2D eigenvalue weighted by molar-refractivity contribution is 0.774. The molecule has 6 heteroatoms. The van der Waals surface area contributed by atoms with Crippen molar-refractivity contribution in [3.8, 4) is 11.4 Å². The molecule has 2 heterocycles. The zero-order valence-electron chi connectivity index (χ0n) is 9.03. The average Bonchev–Trinajstić information content (AvgIpc) is 2.79. The Morgan fingerprint density at radius 3 is 2.94 bits per heavy atom. The summed E-state index contributed by atoms with van der Waals surface area (Å²) in [7, 11) is 0. The van der Waals surface area contributed by atoms with Crippen molar-refractivity contribution in [2.75, 3.05) is 0 Å². The van der Waals surface area contributed by atoms with Crippen molar-refractivity contribution in [3.05, 3.63) is 28.2 Å². The van der Waals surface area contributed by atoms with E-state index < -0.39 is 0 Å². The van der Waals surface area contributed by atoms with Crippen LogP contribution in [-0.4, -0.2) is 25.6 Å². The number of hydrogen-bond acceptors (Lipinski definition) is 4. The molecular weight excluding hydrogens is 206 g/mol. The van der Waals surface area contributed by atoms with Gasteiger partial charge in [-0.3, -0.25) is 4.79 Å². The number of H-pyrrole nitrogens is 2. The quantitative estimate of drug-likeness (QED) is 0.799. The van der Waals surface area contributed by atoms with E-state index in [-0.39, 0.29) is 5.56 Å². The third-order valence-electron chi connectivity index (χ3n) is 2.30. The Morgan fingerprint density at radius 1 is 1.38 bits per heavy atom. The van der Waals surface area contributed by atoms with Crippen LogP contribution in [0, 0.1) is 0 Å². The Bertz CT molecular complexity index is 502. The molecule has 0 aliphatic rings. The minimum absolute atomic E-state index is 0.131. The molecule has 0 fully saturated rings. The average molecular weight is 219 g/mol. The highest BCUT2D eigenvalue weighted by molar-refractivity contribution is 5.53. The number of tetrazole rings is 1. The van der Waals surface area contributed by atoms with Crippen LogP contribution in [-0.2, 0) is 6.42 Å². The van der Waals surface area contributed by atoms with E-state index in [9.17, 15) is 4.79 Å². The van der Waals surface area contributed by atoms with Crippen LogP contribution in [0.3, 0.4) is 0 Å². The highest BCUT2D eigenvalue weighted by atomic mass is 16.1. The van der Waals surface area contributed by atoms with E-state index in [0.29, 0.717) is 11.4 Å². The number of rotatable bonds is 4. The number of aromatic amines is 2. The van der Waals surface area contributed by atoms with Crippen molar-refractivity contribution < 1.29 is 0 Å². The Labute approximate surface area is 92.1 Å². The molecule has 0 radical (unpaired) electrons. The highest BCUT2D eigenvalue weighted by Gasteiger charge is 2.05. The fraction of sp³-hybridized carbons (Fsp3) is 0.400. The Balaban J connectivity index is 2.33. The largest absolute Gasteiger partial charge is 0.326 e. The third kappa shape index (κ3) is 2.33. The predicted octanol–water partition coefficient (Wildman–Crippen LogP) is 0.898. The van der Waals surface area contributed by atoms with E-state index in [4.69, 9.17) is 0 Å². The molecule has 0 aliphatic heterocycles. The lowest BCUT2D eigenvalue weighted by atomic mass is 10.1. The fourth-order valence-electron chi connectivity index (χ4n) is 1.52. The first kappa shape index (κ1) is 10.5. The minimum Gasteiger partial charge on any atom is -0.326 e. The van der Waals surface area contributed by atoms with Gasteiger partial charge in [0.25, 0.3) is 0 Å². The molecule has 0 saturated heterocycles. The van der Waals surface area contributed by atoms with Crippen molar-refractivity contribution in [3.63, 3.8) is 0 Å². The number of nitrogens with one attached hydrogen (secondary N) is 2. The zero-order valence-corrected chi connectivity index (χ0v) is 9.03. The first-order chi connectivity index (χ1) is 7.79. The van der Waals surface area contributed by atoms with Gasteiger partial charge in [0, 0.05) is 17.3 Å². The van der Waals surface area contributed by atoms with Crippen LogP contribution in [0.1, 0.15) is 25.5 Å². The zero-order chi connectivity index (χ0) is 11.4. The minimum atomic E-state index is -0.131. The van der Waals surface area contributed by atoms with Crippen molar-refractivity contribution in [2.45, 2.75) is 26.2 Å². The van der Waals surface area contributed by atoms with Crippen LogP contribution in [0.5, 0.6) is 0 Å². The molecule has 0 aliphatic carbocycles. The molecule has 0 unspecified atom stereocenters. The second-order valence-corrected chi connectivity index (χ2v) is 3.60. The first-order valence-electron chi connectivity index (χ1n) is 5.26. The van der Waals surface area contributed by atoms with Gasteiger partial charge in [0.1, 0.15) is 0 Å². The molecule has 2 aromatic rings. The van der Waals surface area contributed by atoms with Crippen LogP contribution in [0.2, 0.25) is 0 Å². The lowest BCUT2D eigenvalue weighted by Crippen LogP contribution is -2.08. The SMILES string of the molecule is CCCCc1cc(-c2nn[nH]n2)cc(=O)[nH]1. The summed E-state index contributed by atoms with van der Waals surface area (Å²) in [6.45, 7) is 2.11. The number of unbranched alkanes of at least 4 members (excludes halogenated alkanes) is 1. The highest BCUT2D eigenvalue weighted by Crippen LogP contribution is 2.12. The molecule has 2 N–H and O–H groups in total. The molecule has 0 aromatic carbocycles. The molecule has 2 rings (SSSR count). The number of pyridine rings is 1. The van der Waals surface area contributed by atoms with E-state index in [1.165, 1.54) is 6.07 Å². The molecule has 0 bridgehead atoms. The Hall–Kier alpha value is -1.98. The smallest absolute Gasteiger partial charge is 0.248 e. The van der Waals surface area contributed by atoms with E-state index >= 15 is 0 Å². The molecular formula is C10H13N5O. The van der Waals surface area contributed by atoms with E-state index in [2.05, 4.69) is 32.5 Å². The standard InChI is InChI=1S/C10H13N5O/c1-2-3-4-8-5-7(6-9(16)11-8)10-12-14-15-13-10/h5-6H,2-4H2,1H3,(H,11,16)(H,12,13,14,15). The summed E-state index contributed by atoms with van der Waals surface area (Å²) in [6, 6.07) is 3.36. The monoisotopic (exact) mass is 219 g/mol. The number of aryl methyl sites for hydroxylation is 1. The van der Waals surface area contributed by atoms with Gasteiger partial charge in [-0.1, -0.05) is 13.3 Å². The third-order valence-corrected chi connectivity index (χ3v) is 2.30. The summed E-state index contributed by atoms with van der Waals surface area (Å²) >= 11 is 0. The number of aromatic nitrogens is 5. The van der Waals surface area contributed by atoms with Gasteiger partial charge >= 0.3 is 0 Å². The Kier molecular flexibility index (Phi) is 3.09. The Morgan fingerprint density at radius 2 is 2.25 bits per heavy atom. The molecule has 2 aromatic heterocycles. The maximum Gasteiger partial charge on any atom is 0.248 e. The topological polar surface area (TPSA) is 87.3 Å². The van der Waals surface area contributed by atoms with Crippen molar-refractivity contribution in [1.29, 1.82) is 0 Å². The molecule has 84 valence electrons. The van der Waals surface area contributed by atoms with Gasteiger partial charge in [-0.25, -0.2) is 0 Å². The number of nitrogens with zero attached hydrogens (tertiary/aromatic N) is 3. The van der Waals surface area contributed by atoms with Gasteiger partial charge in [-0.2, -0.15) is 5.21 Å². The van der Waals surface area contributed by atoms with E-state index in [0.717, 1.165) is 25.0 Å². The molecule has 16 heavy (non-hydrogen) atoms. The van der Waals surface area contributed by atoms with Crippen molar-refractivity contribution >= 4 is 0 Å². The maximum atomic E-state index is 11.4. The van der Waals surface area contributed by atoms with Gasteiger partial charge in [-0.15, -0.1) is 10.2 Å². The summed E-state index contributed by atoms with van der Waals surface area (Å²) < 4.78 is 0. The predicted molar refractivity (Wildman–Crippen MR) is 58.8 cm³/mol. The summed E-state index contributed by atoms with van der Waals surface area (Å²) in [6.07, 6.45) is 3.00. The van der Waals surface area contributed by atoms with Gasteiger partial charge < -0.3 is 4.98 Å². The summed E-state index contributed by atoms with van der Waals surface area (Å²) in [5, 5.41) is 13.5. The second kappa shape index (κ2) is 4.69. The molecule has 0 spiro atoms. The van der Waals surface area contributed by atoms with Gasteiger partial charge in [0.15, 0.2) is 0 Å².